The molecule has 1 amide bonds. The number of nitrogens with zero attached hydrogens (tertiary/aromatic N) is 1. The summed E-state index contributed by atoms with van der Waals surface area (Å²) in [6.45, 7) is 6.37. The van der Waals surface area contributed by atoms with Gasteiger partial charge in [0.1, 0.15) is 5.60 Å². The van der Waals surface area contributed by atoms with Crippen LogP contribution >= 0.6 is 0 Å². The molecule has 0 aliphatic heterocycles. The second kappa shape index (κ2) is 5.68. The average molecular weight is 280 g/mol. The van der Waals surface area contributed by atoms with Crippen LogP contribution in [0.1, 0.15) is 38.1 Å². The fourth-order valence-electron chi connectivity index (χ4n) is 1.46. The van der Waals surface area contributed by atoms with Crippen LogP contribution in [0.3, 0.4) is 0 Å². The molecule has 0 bridgehead atoms. The Labute approximate surface area is 116 Å². The van der Waals surface area contributed by atoms with Crippen LogP contribution in [0.2, 0.25) is 0 Å². The van der Waals surface area contributed by atoms with E-state index < -0.39 is 16.6 Å². The minimum atomic E-state index is -0.728. The highest BCUT2D eigenvalue weighted by atomic mass is 16.6. The third-order valence-corrected chi connectivity index (χ3v) is 2.23. The van der Waals surface area contributed by atoms with Crippen LogP contribution < -0.4 is 5.32 Å². The molecule has 0 atom stereocenters. The van der Waals surface area contributed by atoms with Gasteiger partial charge >= 0.3 is 6.09 Å². The molecule has 0 heterocycles. The Morgan fingerprint density at radius 3 is 2.35 bits per heavy atom. The van der Waals surface area contributed by atoms with Crippen LogP contribution in [0.15, 0.2) is 18.2 Å². The van der Waals surface area contributed by atoms with E-state index in [4.69, 9.17) is 4.74 Å². The third kappa shape index (κ3) is 4.34. The van der Waals surface area contributed by atoms with E-state index in [2.05, 4.69) is 5.32 Å². The Balaban J connectivity index is 3.03. The second-order valence-electron chi connectivity index (χ2n) is 5.17. The number of hydrogen-bond acceptors (Lipinski definition) is 5. The smallest absolute Gasteiger partial charge is 0.412 e. The Bertz CT molecular complexity index is 560. The van der Waals surface area contributed by atoms with Crippen molar-refractivity contribution in [2.75, 3.05) is 5.32 Å². The van der Waals surface area contributed by atoms with Gasteiger partial charge in [-0.1, -0.05) is 0 Å². The summed E-state index contributed by atoms with van der Waals surface area (Å²) in [6, 6.07) is 3.63. The lowest BCUT2D eigenvalue weighted by molar-refractivity contribution is -0.384. The van der Waals surface area contributed by atoms with E-state index in [0.29, 0.717) is 0 Å². The number of non-ortho nitro benzene ring substituents is 1. The summed E-state index contributed by atoms with van der Waals surface area (Å²) in [5.41, 5.74) is -0.659. The molecule has 20 heavy (non-hydrogen) atoms. The number of nitrogens with one attached hydrogen (secondary N) is 1. The molecule has 1 N–H and O–H groups in total. The number of nitro benzene ring substituents is 1. The summed E-state index contributed by atoms with van der Waals surface area (Å²) < 4.78 is 5.06. The van der Waals surface area contributed by atoms with Gasteiger partial charge in [-0.2, -0.15) is 0 Å². The zero-order chi connectivity index (χ0) is 15.5. The van der Waals surface area contributed by atoms with Gasteiger partial charge in [0.05, 0.1) is 10.6 Å². The zero-order valence-electron chi connectivity index (χ0n) is 11.7. The van der Waals surface area contributed by atoms with Crippen LogP contribution in [0.4, 0.5) is 16.2 Å². The molecule has 0 unspecified atom stereocenters. The van der Waals surface area contributed by atoms with Crippen molar-refractivity contribution in [1.29, 1.82) is 0 Å². The van der Waals surface area contributed by atoms with Gasteiger partial charge in [0.15, 0.2) is 5.78 Å². The summed E-state index contributed by atoms with van der Waals surface area (Å²) in [5, 5.41) is 13.1. The zero-order valence-corrected chi connectivity index (χ0v) is 11.7. The number of carbonyl (C=O) groups excluding carboxylic acids is 2. The molecular weight excluding hydrogens is 264 g/mol. The number of carbonyl (C=O) groups is 2. The number of nitro groups is 1. The van der Waals surface area contributed by atoms with E-state index in [1.54, 1.807) is 20.8 Å². The average Bonchev–Trinajstić information content (AvgIpc) is 2.25. The Hall–Kier alpha value is -2.44. The number of ether oxygens (including phenoxy) is 1. The number of rotatable bonds is 3. The topological polar surface area (TPSA) is 98.5 Å². The van der Waals surface area contributed by atoms with Gasteiger partial charge in [-0.25, -0.2) is 4.79 Å². The third-order valence-electron chi connectivity index (χ3n) is 2.23. The van der Waals surface area contributed by atoms with Crippen LogP contribution in [-0.2, 0) is 4.74 Å². The number of anilines is 1. The quantitative estimate of drug-likeness (QED) is 0.521. The number of benzene rings is 1. The Morgan fingerprint density at radius 1 is 1.30 bits per heavy atom. The first kappa shape index (κ1) is 15.6. The van der Waals surface area contributed by atoms with Crippen molar-refractivity contribution in [3.05, 3.63) is 33.9 Å². The van der Waals surface area contributed by atoms with Crippen molar-refractivity contribution in [2.45, 2.75) is 33.3 Å². The standard InChI is InChI=1S/C13H16N2O5/c1-8(16)10-7-9(15(18)19)5-6-11(10)14-12(17)20-13(2,3)4/h5-7H,1-4H3,(H,14,17). The van der Waals surface area contributed by atoms with E-state index in [9.17, 15) is 19.7 Å². The lowest BCUT2D eigenvalue weighted by Gasteiger charge is -2.20. The molecule has 0 aromatic heterocycles. The molecule has 0 aliphatic carbocycles. The molecule has 0 spiro atoms. The first-order valence-electron chi connectivity index (χ1n) is 5.89. The van der Waals surface area contributed by atoms with Crippen LogP contribution in [0.25, 0.3) is 0 Å². The fraction of sp³-hybridized carbons (Fsp3) is 0.385. The van der Waals surface area contributed by atoms with Gasteiger partial charge in [0.25, 0.3) is 5.69 Å². The highest BCUT2D eigenvalue weighted by Crippen LogP contribution is 2.23. The first-order chi connectivity index (χ1) is 9.10. The molecule has 1 rings (SSSR count). The summed E-state index contributed by atoms with van der Waals surface area (Å²) >= 11 is 0. The van der Waals surface area contributed by atoms with E-state index in [-0.39, 0.29) is 22.7 Å². The van der Waals surface area contributed by atoms with Crippen molar-refractivity contribution < 1.29 is 19.2 Å². The van der Waals surface area contributed by atoms with Crippen LogP contribution in [0, 0.1) is 10.1 Å². The summed E-state index contributed by atoms with van der Waals surface area (Å²) in [5.74, 6) is -0.389. The second-order valence-corrected chi connectivity index (χ2v) is 5.17. The van der Waals surface area contributed by atoms with Crippen molar-refractivity contribution in [3.63, 3.8) is 0 Å². The van der Waals surface area contributed by atoms with E-state index >= 15 is 0 Å². The highest BCUT2D eigenvalue weighted by Gasteiger charge is 2.19. The number of ketones is 1. The Kier molecular flexibility index (Phi) is 4.44. The summed E-state index contributed by atoms with van der Waals surface area (Å²) in [4.78, 5) is 33.2. The monoisotopic (exact) mass is 280 g/mol. The normalized spacial score (nSPS) is 10.8. The maximum atomic E-state index is 11.6. The van der Waals surface area contributed by atoms with Crippen molar-refractivity contribution in [2.24, 2.45) is 0 Å². The maximum Gasteiger partial charge on any atom is 0.412 e. The summed E-state index contributed by atoms with van der Waals surface area (Å²) in [6.07, 6.45) is -0.728. The molecule has 1 aromatic rings. The lowest BCUT2D eigenvalue weighted by Crippen LogP contribution is -2.27. The molecular formula is C13H16N2O5. The molecule has 1 aromatic carbocycles. The van der Waals surface area contributed by atoms with Gasteiger partial charge in [-0.05, 0) is 33.8 Å². The SMILES string of the molecule is CC(=O)c1cc([N+](=O)[O-])ccc1NC(=O)OC(C)(C)C. The van der Waals surface area contributed by atoms with Crippen LogP contribution in [-0.4, -0.2) is 22.4 Å². The minimum Gasteiger partial charge on any atom is -0.444 e. The number of Topliss-reactive ketones (excluding diaryl/α,β-unsaturated/α-hetero) is 1. The summed E-state index contributed by atoms with van der Waals surface area (Å²) in [7, 11) is 0. The van der Waals surface area contributed by atoms with Crippen LogP contribution in [0.5, 0.6) is 0 Å². The van der Waals surface area contributed by atoms with E-state index in [0.717, 1.165) is 6.07 Å². The molecule has 7 nitrogen and oxygen atoms in total. The van der Waals surface area contributed by atoms with Crippen molar-refractivity contribution >= 4 is 23.3 Å². The number of hydrogen-bond donors (Lipinski definition) is 1. The lowest BCUT2D eigenvalue weighted by atomic mass is 10.1. The van der Waals surface area contributed by atoms with E-state index in [1.165, 1.54) is 19.1 Å². The fourth-order valence-corrected chi connectivity index (χ4v) is 1.46. The van der Waals surface area contributed by atoms with E-state index in [1.807, 2.05) is 0 Å². The molecule has 0 saturated heterocycles. The molecule has 7 heteroatoms. The molecule has 0 radical (unpaired) electrons. The van der Waals surface area contributed by atoms with Gasteiger partial charge in [0.2, 0.25) is 0 Å². The predicted octanol–water partition coefficient (Wildman–Crippen LogP) is 3.14. The molecule has 0 fully saturated rings. The maximum absolute atomic E-state index is 11.6. The van der Waals surface area contributed by atoms with Crippen molar-refractivity contribution in [1.82, 2.24) is 0 Å². The van der Waals surface area contributed by atoms with Gasteiger partial charge < -0.3 is 4.74 Å². The highest BCUT2D eigenvalue weighted by molar-refractivity contribution is 6.03. The van der Waals surface area contributed by atoms with Gasteiger partial charge in [-0.3, -0.25) is 20.2 Å². The number of amides is 1. The minimum absolute atomic E-state index is 0.0602. The predicted molar refractivity (Wildman–Crippen MR) is 73.0 cm³/mol. The first-order valence-corrected chi connectivity index (χ1v) is 5.89. The molecule has 0 aliphatic rings. The van der Waals surface area contributed by atoms with Gasteiger partial charge in [-0.15, -0.1) is 0 Å². The Morgan fingerprint density at radius 2 is 1.90 bits per heavy atom. The van der Waals surface area contributed by atoms with Gasteiger partial charge in [0, 0.05) is 17.7 Å². The molecule has 108 valence electrons. The molecule has 0 saturated carbocycles. The largest absolute Gasteiger partial charge is 0.444 e. The van der Waals surface area contributed by atoms with Crippen molar-refractivity contribution in [3.8, 4) is 0 Å².